The summed E-state index contributed by atoms with van der Waals surface area (Å²) >= 11 is 0. The average Bonchev–Trinajstić information content (AvgIpc) is 2.24. The second-order valence-electron chi connectivity index (χ2n) is 5.27. The molecule has 116 valence electrons. The van der Waals surface area contributed by atoms with Crippen LogP contribution in [0.5, 0.6) is 0 Å². The number of rotatable bonds is 6. The van der Waals surface area contributed by atoms with Crippen molar-refractivity contribution in [2.45, 2.75) is 33.3 Å². The van der Waals surface area contributed by atoms with Gasteiger partial charge < -0.3 is 25.4 Å². The number of hydrogen-bond donors (Lipinski definition) is 2. The van der Waals surface area contributed by atoms with Crippen molar-refractivity contribution in [1.29, 1.82) is 0 Å². The number of nitrogens with one attached hydrogen (secondary N) is 1. The Kier molecular flexibility index (Phi) is 7.68. The fourth-order valence-corrected chi connectivity index (χ4v) is 1.26. The summed E-state index contributed by atoms with van der Waals surface area (Å²) in [4.78, 5) is 24.6. The summed E-state index contributed by atoms with van der Waals surface area (Å²) in [6.07, 6.45) is -1.06. The molecule has 0 unspecified atom stereocenters. The number of nitrogens with two attached hydrogens (primary N) is 1. The monoisotopic (exact) mass is 287 g/mol. The predicted octanol–water partition coefficient (Wildman–Crippen LogP) is 1.44. The first-order valence-electron chi connectivity index (χ1n) is 6.45. The van der Waals surface area contributed by atoms with E-state index in [0.717, 1.165) is 0 Å². The van der Waals surface area contributed by atoms with Gasteiger partial charge in [0.1, 0.15) is 5.60 Å². The number of ether oxygens (including phenoxy) is 2. The van der Waals surface area contributed by atoms with E-state index in [1.54, 1.807) is 27.7 Å². The largest absolute Gasteiger partial charge is 0.444 e. The molecule has 0 heterocycles. The first-order valence-corrected chi connectivity index (χ1v) is 6.45. The lowest BCUT2D eigenvalue weighted by molar-refractivity contribution is 0.0256. The van der Waals surface area contributed by atoms with E-state index in [1.807, 2.05) is 0 Å². The molecule has 0 bridgehead atoms. The molecule has 0 aliphatic heterocycles. The van der Waals surface area contributed by atoms with Crippen molar-refractivity contribution in [1.82, 2.24) is 10.2 Å². The second-order valence-corrected chi connectivity index (χ2v) is 5.27. The third-order valence-electron chi connectivity index (χ3n) is 1.97. The van der Waals surface area contributed by atoms with Gasteiger partial charge in [-0.2, -0.15) is 0 Å². The van der Waals surface area contributed by atoms with Gasteiger partial charge in [-0.1, -0.05) is 6.58 Å². The van der Waals surface area contributed by atoms with E-state index in [9.17, 15) is 9.59 Å². The van der Waals surface area contributed by atoms with E-state index >= 15 is 0 Å². The van der Waals surface area contributed by atoms with Crippen LogP contribution >= 0.6 is 0 Å². The lowest BCUT2D eigenvalue weighted by atomic mass is 10.2. The van der Waals surface area contributed by atoms with E-state index in [1.165, 1.54) is 4.90 Å². The summed E-state index contributed by atoms with van der Waals surface area (Å²) < 4.78 is 9.98. The molecule has 0 aromatic carbocycles. The predicted molar refractivity (Wildman–Crippen MR) is 76.2 cm³/mol. The standard InChI is InChI=1S/C13H25N3O4/c1-10(2)19-11(17)15-7-9-16(8-6-14)12(18)20-13(3,4)5/h1,6-9,14H2,2-5H3,(H,15,17). The highest BCUT2D eigenvalue weighted by atomic mass is 16.6. The molecule has 0 saturated heterocycles. The number of allylic oxidation sites excluding steroid dienone is 1. The summed E-state index contributed by atoms with van der Waals surface area (Å²) in [5, 5.41) is 2.51. The summed E-state index contributed by atoms with van der Waals surface area (Å²) in [7, 11) is 0. The lowest BCUT2D eigenvalue weighted by Crippen LogP contribution is -2.43. The molecule has 0 rings (SSSR count). The van der Waals surface area contributed by atoms with Crippen LogP contribution in [0.3, 0.4) is 0 Å². The van der Waals surface area contributed by atoms with Crippen LogP contribution in [0, 0.1) is 0 Å². The Morgan fingerprint density at radius 1 is 1.30 bits per heavy atom. The van der Waals surface area contributed by atoms with Gasteiger partial charge in [0.25, 0.3) is 0 Å². The topological polar surface area (TPSA) is 93.9 Å². The van der Waals surface area contributed by atoms with Gasteiger partial charge in [0.2, 0.25) is 0 Å². The normalized spacial score (nSPS) is 10.7. The fraction of sp³-hybridized carbons (Fsp3) is 0.692. The van der Waals surface area contributed by atoms with E-state index in [4.69, 9.17) is 15.2 Å². The maximum atomic E-state index is 11.9. The molecule has 0 fully saturated rings. The van der Waals surface area contributed by atoms with Crippen molar-refractivity contribution in [3.63, 3.8) is 0 Å². The molecule has 0 aromatic rings. The molecule has 2 amide bonds. The number of nitrogens with zero attached hydrogens (tertiary/aromatic N) is 1. The Bertz CT molecular complexity index is 350. The van der Waals surface area contributed by atoms with E-state index < -0.39 is 17.8 Å². The Labute approximate surface area is 120 Å². The Morgan fingerprint density at radius 2 is 1.90 bits per heavy atom. The summed E-state index contributed by atoms with van der Waals surface area (Å²) in [5.41, 5.74) is 4.88. The van der Waals surface area contributed by atoms with E-state index in [0.29, 0.717) is 18.8 Å². The second kappa shape index (κ2) is 8.42. The summed E-state index contributed by atoms with van der Waals surface area (Å²) in [6.45, 7) is 11.6. The third-order valence-corrected chi connectivity index (χ3v) is 1.97. The first-order chi connectivity index (χ1) is 9.15. The molecular weight excluding hydrogens is 262 g/mol. The maximum Gasteiger partial charge on any atom is 0.412 e. The number of carbonyl (C=O) groups excluding carboxylic acids is 2. The Hall–Kier alpha value is -1.76. The quantitative estimate of drug-likeness (QED) is 0.721. The van der Waals surface area contributed by atoms with Gasteiger partial charge in [-0.3, -0.25) is 0 Å². The van der Waals surface area contributed by atoms with Crippen molar-refractivity contribution < 1.29 is 19.1 Å². The minimum Gasteiger partial charge on any atom is -0.444 e. The molecule has 7 nitrogen and oxygen atoms in total. The SMILES string of the molecule is C=C(C)OC(=O)NCCN(CCN)C(=O)OC(C)(C)C. The van der Waals surface area contributed by atoms with Gasteiger partial charge in [-0.15, -0.1) is 0 Å². The highest BCUT2D eigenvalue weighted by Crippen LogP contribution is 2.09. The van der Waals surface area contributed by atoms with Crippen LogP contribution < -0.4 is 11.1 Å². The van der Waals surface area contributed by atoms with Gasteiger partial charge >= 0.3 is 12.2 Å². The van der Waals surface area contributed by atoms with Crippen molar-refractivity contribution in [2.75, 3.05) is 26.2 Å². The van der Waals surface area contributed by atoms with Crippen molar-refractivity contribution >= 4 is 12.2 Å². The zero-order valence-electron chi connectivity index (χ0n) is 12.7. The Balaban J connectivity index is 4.24. The fourth-order valence-electron chi connectivity index (χ4n) is 1.26. The van der Waals surface area contributed by atoms with Crippen molar-refractivity contribution in [3.05, 3.63) is 12.3 Å². The molecule has 0 aliphatic rings. The van der Waals surface area contributed by atoms with Gasteiger partial charge in [0, 0.05) is 26.2 Å². The molecule has 0 atom stereocenters. The lowest BCUT2D eigenvalue weighted by Gasteiger charge is -2.27. The number of alkyl carbamates (subject to hydrolysis) is 1. The van der Waals surface area contributed by atoms with Crippen LogP contribution in [-0.2, 0) is 9.47 Å². The number of amides is 2. The third kappa shape index (κ3) is 9.21. The minimum atomic E-state index is -0.602. The molecule has 0 spiro atoms. The average molecular weight is 287 g/mol. The van der Waals surface area contributed by atoms with E-state index in [-0.39, 0.29) is 13.1 Å². The number of hydrogen-bond acceptors (Lipinski definition) is 5. The number of carbonyl (C=O) groups is 2. The first kappa shape index (κ1) is 18.2. The highest BCUT2D eigenvalue weighted by Gasteiger charge is 2.21. The van der Waals surface area contributed by atoms with Gasteiger partial charge in [0.15, 0.2) is 0 Å². The van der Waals surface area contributed by atoms with Crippen LogP contribution in [0.2, 0.25) is 0 Å². The molecule has 7 heteroatoms. The summed E-state index contributed by atoms with van der Waals surface area (Å²) in [5.74, 6) is 0.299. The van der Waals surface area contributed by atoms with Gasteiger partial charge in [-0.25, -0.2) is 9.59 Å². The molecular formula is C13H25N3O4. The maximum absolute atomic E-state index is 11.9. The summed E-state index contributed by atoms with van der Waals surface area (Å²) in [6, 6.07) is 0. The van der Waals surface area contributed by atoms with Gasteiger partial charge in [0.05, 0.1) is 5.76 Å². The smallest absolute Gasteiger partial charge is 0.412 e. The van der Waals surface area contributed by atoms with Gasteiger partial charge in [-0.05, 0) is 27.7 Å². The Morgan fingerprint density at radius 3 is 2.35 bits per heavy atom. The van der Waals surface area contributed by atoms with Crippen LogP contribution in [0.15, 0.2) is 12.3 Å². The molecule has 20 heavy (non-hydrogen) atoms. The zero-order chi connectivity index (χ0) is 15.8. The molecule has 0 aliphatic carbocycles. The molecule has 3 N–H and O–H groups in total. The van der Waals surface area contributed by atoms with Crippen LogP contribution in [0.1, 0.15) is 27.7 Å². The van der Waals surface area contributed by atoms with Crippen molar-refractivity contribution in [2.24, 2.45) is 5.73 Å². The zero-order valence-corrected chi connectivity index (χ0v) is 12.7. The van der Waals surface area contributed by atoms with Crippen LogP contribution in [0.25, 0.3) is 0 Å². The highest BCUT2D eigenvalue weighted by molar-refractivity contribution is 5.69. The molecule has 0 radical (unpaired) electrons. The van der Waals surface area contributed by atoms with Crippen LogP contribution in [0.4, 0.5) is 9.59 Å². The van der Waals surface area contributed by atoms with Crippen LogP contribution in [-0.4, -0.2) is 48.9 Å². The minimum absolute atomic E-state index is 0.241. The molecule has 0 saturated carbocycles. The van der Waals surface area contributed by atoms with Crippen molar-refractivity contribution in [3.8, 4) is 0 Å². The van der Waals surface area contributed by atoms with E-state index in [2.05, 4.69) is 11.9 Å². The molecule has 0 aromatic heterocycles.